The molecule has 2 aromatic rings. The number of rotatable bonds is 6. The molecule has 0 spiro atoms. The van der Waals surface area contributed by atoms with Crippen molar-refractivity contribution >= 4 is 47.4 Å². The SMILES string of the molecule is CN=C(NCC(=O)Nc1ccc(F)cc1)NCc1ccc(C(=O)N(C)C)cc1.I. The van der Waals surface area contributed by atoms with E-state index in [0.29, 0.717) is 23.8 Å². The summed E-state index contributed by atoms with van der Waals surface area (Å²) in [5.74, 6) is -0.229. The third-order valence-electron chi connectivity index (χ3n) is 3.84. The molecule has 0 radical (unpaired) electrons. The molecule has 29 heavy (non-hydrogen) atoms. The first kappa shape index (κ1) is 24.3. The lowest BCUT2D eigenvalue weighted by molar-refractivity contribution is -0.115. The fourth-order valence-corrected chi connectivity index (χ4v) is 2.33. The number of hydrogen-bond acceptors (Lipinski definition) is 3. The summed E-state index contributed by atoms with van der Waals surface area (Å²) < 4.78 is 12.9. The van der Waals surface area contributed by atoms with Crippen LogP contribution in [0.3, 0.4) is 0 Å². The summed E-state index contributed by atoms with van der Waals surface area (Å²) in [6, 6.07) is 12.8. The Hall–Kier alpha value is -2.69. The normalized spacial score (nSPS) is 10.6. The number of guanidine groups is 1. The molecule has 0 aliphatic carbocycles. The molecule has 2 amide bonds. The number of nitrogens with zero attached hydrogens (tertiary/aromatic N) is 2. The van der Waals surface area contributed by atoms with E-state index in [1.807, 2.05) is 12.1 Å². The van der Waals surface area contributed by atoms with Gasteiger partial charge in [0.1, 0.15) is 5.82 Å². The van der Waals surface area contributed by atoms with E-state index in [2.05, 4.69) is 20.9 Å². The van der Waals surface area contributed by atoms with Crippen LogP contribution in [0, 0.1) is 5.82 Å². The highest BCUT2D eigenvalue weighted by atomic mass is 127. The fraction of sp³-hybridized carbons (Fsp3) is 0.250. The van der Waals surface area contributed by atoms with Gasteiger partial charge >= 0.3 is 0 Å². The number of halogens is 2. The summed E-state index contributed by atoms with van der Waals surface area (Å²) in [5, 5.41) is 8.67. The van der Waals surface area contributed by atoms with Crippen LogP contribution in [0.25, 0.3) is 0 Å². The maximum absolute atomic E-state index is 12.9. The molecule has 0 bridgehead atoms. The van der Waals surface area contributed by atoms with E-state index in [4.69, 9.17) is 0 Å². The third-order valence-corrected chi connectivity index (χ3v) is 3.84. The maximum atomic E-state index is 12.9. The van der Waals surface area contributed by atoms with E-state index in [1.54, 1.807) is 33.3 Å². The van der Waals surface area contributed by atoms with Crippen molar-refractivity contribution < 1.29 is 14.0 Å². The molecular formula is C20H25FIN5O2. The smallest absolute Gasteiger partial charge is 0.253 e. The minimum atomic E-state index is -0.361. The van der Waals surface area contributed by atoms with Crippen LogP contribution < -0.4 is 16.0 Å². The van der Waals surface area contributed by atoms with Crippen molar-refractivity contribution in [1.29, 1.82) is 0 Å². The van der Waals surface area contributed by atoms with E-state index in [1.165, 1.54) is 29.2 Å². The molecule has 0 aliphatic rings. The average molecular weight is 513 g/mol. The molecule has 0 atom stereocenters. The first-order chi connectivity index (χ1) is 13.4. The number of hydrogen-bond donors (Lipinski definition) is 3. The number of amides is 2. The van der Waals surface area contributed by atoms with Gasteiger partial charge in [0, 0.05) is 38.9 Å². The zero-order valence-corrected chi connectivity index (χ0v) is 18.9. The Morgan fingerprint density at radius 2 is 1.62 bits per heavy atom. The molecule has 0 fully saturated rings. The van der Waals surface area contributed by atoms with Crippen LogP contribution in [-0.4, -0.2) is 50.4 Å². The Morgan fingerprint density at radius 3 is 2.17 bits per heavy atom. The van der Waals surface area contributed by atoms with Crippen molar-refractivity contribution in [3.63, 3.8) is 0 Å². The monoisotopic (exact) mass is 513 g/mol. The van der Waals surface area contributed by atoms with Gasteiger partial charge in [0.2, 0.25) is 5.91 Å². The van der Waals surface area contributed by atoms with Crippen molar-refractivity contribution in [3.8, 4) is 0 Å². The molecule has 2 aromatic carbocycles. The first-order valence-corrected chi connectivity index (χ1v) is 8.69. The topological polar surface area (TPSA) is 85.8 Å². The van der Waals surface area contributed by atoms with E-state index in [0.717, 1.165) is 5.56 Å². The van der Waals surface area contributed by atoms with Gasteiger partial charge in [0.15, 0.2) is 5.96 Å². The van der Waals surface area contributed by atoms with Crippen molar-refractivity contribution in [2.75, 3.05) is 33.0 Å². The van der Waals surface area contributed by atoms with Crippen molar-refractivity contribution in [2.24, 2.45) is 4.99 Å². The Labute approximate surface area is 186 Å². The van der Waals surface area contributed by atoms with Gasteiger partial charge in [-0.15, -0.1) is 24.0 Å². The Balaban J connectivity index is 0.00000420. The van der Waals surface area contributed by atoms with Gasteiger partial charge in [-0.05, 0) is 42.0 Å². The lowest BCUT2D eigenvalue weighted by Crippen LogP contribution is -2.41. The van der Waals surface area contributed by atoms with Crippen LogP contribution in [0.2, 0.25) is 0 Å². The number of nitrogens with one attached hydrogen (secondary N) is 3. The summed E-state index contributed by atoms with van der Waals surface area (Å²) >= 11 is 0. The highest BCUT2D eigenvalue weighted by molar-refractivity contribution is 14.0. The predicted octanol–water partition coefficient (Wildman–Crippen LogP) is 2.45. The molecule has 0 aromatic heterocycles. The number of anilines is 1. The molecule has 0 aliphatic heterocycles. The third kappa shape index (κ3) is 8.06. The summed E-state index contributed by atoms with van der Waals surface area (Å²) in [6.07, 6.45) is 0. The maximum Gasteiger partial charge on any atom is 0.253 e. The highest BCUT2D eigenvalue weighted by Gasteiger charge is 2.08. The zero-order valence-electron chi connectivity index (χ0n) is 16.5. The second-order valence-electron chi connectivity index (χ2n) is 6.23. The van der Waals surface area contributed by atoms with Crippen LogP contribution in [0.4, 0.5) is 10.1 Å². The van der Waals surface area contributed by atoms with E-state index in [9.17, 15) is 14.0 Å². The molecule has 0 saturated carbocycles. The molecule has 0 saturated heterocycles. The molecule has 2 rings (SSSR count). The van der Waals surface area contributed by atoms with Crippen molar-refractivity contribution in [2.45, 2.75) is 6.54 Å². The standard InChI is InChI=1S/C20H24FN5O2.HI/c1-22-20(24-13-18(27)25-17-10-8-16(21)9-11-17)23-12-14-4-6-15(7-5-14)19(28)26(2)3;/h4-11H,12-13H2,1-3H3,(H,25,27)(H2,22,23,24);1H. The molecule has 7 nitrogen and oxygen atoms in total. The van der Waals surface area contributed by atoms with E-state index >= 15 is 0 Å². The lowest BCUT2D eigenvalue weighted by Gasteiger charge is -2.13. The zero-order chi connectivity index (χ0) is 20.5. The fourth-order valence-electron chi connectivity index (χ4n) is 2.33. The van der Waals surface area contributed by atoms with Crippen LogP contribution in [0.15, 0.2) is 53.5 Å². The van der Waals surface area contributed by atoms with Gasteiger partial charge in [0.25, 0.3) is 5.91 Å². The van der Waals surface area contributed by atoms with Crippen LogP contribution >= 0.6 is 24.0 Å². The summed E-state index contributed by atoms with van der Waals surface area (Å²) in [7, 11) is 5.02. The number of aliphatic imine (C=N–C) groups is 1. The summed E-state index contributed by atoms with van der Waals surface area (Å²) in [6.45, 7) is 0.489. The lowest BCUT2D eigenvalue weighted by atomic mass is 10.1. The quantitative estimate of drug-likeness (QED) is 0.315. The number of benzene rings is 2. The second kappa shape index (κ2) is 12.0. The Kier molecular flexibility index (Phi) is 10.1. The Bertz CT molecular complexity index is 839. The van der Waals surface area contributed by atoms with Crippen LogP contribution in [-0.2, 0) is 11.3 Å². The largest absolute Gasteiger partial charge is 0.352 e. The second-order valence-corrected chi connectivity index (χ2v) is 6.23. The molecular weight excluding hydrogens is 488 g/mol. The Morgan fingerprint density at radius 1 is 1.00 bits per heavy atom. The molecule has 0 heterocycles. The molecule has 156 valence electrons. The van der Waals surface area contributed by atoms with Crippen molar-refractivity contribution in [3.05, 3.63) is 65.5 Å². The van der Waals surface area contributed by atoms with Gasteiger partial charge in [-0.2, -0.15) is 0 Å². The van der Waals surface area contributed by atoms with E-state index < -0.39 is 0 Å². The summed E-state index contributed by atoms with van der Waals surface area (Å²) in [4.78, 5) is 29.4. The number of carbonyl (C=O) groups excluding carboxylic acids is 2. The average Bonchev–Trinajstić information content (AvgIpc) is 2.69. The highest BCUT2D eigenvalue weighted by Crippen LogP contribution is 2.08. The minimum absolute atomic E-state index is 0. The van der Waals surface area contributed by atoms with Gasteiger partial charge in [-0.25, -0.2) is 4.39 Å². The van der Waals surface area contributed by atoms with Gasteiger partial charge in [-0.3, -0.25) is 14.6 Å². The van der Waals surface area contributed by atoms with E-state index in [-0.39, 0.29) is 48.2 Å². The number of carbonyl (C=O) groups is 2. The van der Waals surface area contributed by atoms with Gasteiger partial charge in [-0.1, -0.05) is 12.1 Å². The van der Waals surface area contributed by atoms with Gasteiger partial charge in [0.05, 0.1) is 6.54 Å². The minimum Gasteiger partial charge on any atom is -0.352 e. The molecule has 3 N–H and O–H groups in total. The molecule has 0 unspecified atom stereocenters. The molecule has 9 heteroatoms. The van der Waals surface area contributed by atoms with Crippen LogP contribution in [0.1, 0.15) is 15.9 Å². The summed E-state index contributed by atoms with van der Waals surface area (Å²) in [5.41, 5.74) is 2.10. The van der Waals surface area contributed by atoms with Crippen LogP contribution in [0.5, 0.6) is 0 Å². The van der Waals surface area contributed by atoms with Crippen molar-refractivity contribution in [1.82, 2.24) is 15.5 Å². The van der Waals surface area contributed by atoms with Gasteiger partial charge < -0.3 is 20.9 Å². The predicted molar refractivity (Wildman–Crippen MR) is 123 cm³/mol. The first-order valence-electron chi connectivity index (χ1n) is 8.69.